The number of carbonyl (C=O) groups is 2. The summed E-state index contributed by atoms with van der Waals surface area (Å²) in [6, 6.07) is 13.6. The van der Waals surface area contributed by atoms with E-state index in [-0.39, 0.29) is 16.6 Å². The lowest BCUT2D eigenvalue weighted by Gasteiger charge is -2.36. The molecule has 7 heteroatoms. The molecule has 0 aromatic heterocycles. The number of sulfone groups is 1. The van der Waals surface area contributed by atoms with E-state index in [0.29, 0.717) is 37.3 Å². The molecule has 0 radical (unpaired) electrons. The molecule has 0 bridgehead atoms. The first-order chi connectivity index (χ1) is 12.8. The molecule has 142 valence electrons. The van der Waals surface area contributed by atoms with Gasteiger partial charge in [-0.3, -0.25) is 9.59 Å². The maximum absolute atomic E-state index is 12.7. The molecule has 0 N–H and O–H groups in total. The smallest absolute Gasteiger partial charge is 0.254 e. The molecule has 0 unspecified atom stereocenters. The molecule has 1 aliphatic rings. The minimum absolute atomic E-state index is 0.0355. The second kappa shape index (κ2) is 7.52. The van der Waals surface area contributed by atoms with Gasteiger partial charge in [-0.1, -0.05) is 6.07 Å². The minimum Gasteiger partial charge on any atom is -0.368 e. The number of carbonyl (C=O) groups excluding carboxylic acids is 2. The summed E-state index contributed by atoms with van der Waals surface area (Å²) in [4.78, 5) is 28.1. The van der Waals surface area contributed by atoms with Crippen LogP contribution in [-0.4, -0.2) is 57.4 Å². The Morgan fingerprint density at radius 2 is 1.52 bits per heavy atom. The molecule has 3 rings (SSSR count). The highest BCUT2D eigenvalue weighted by molar-refractivity contribution is 7.90. The lowest BCUT2D eigenvalue weighted by Crippen LogP contribution is -2.48. The molecule has 1 aliphatic heterocycles. The highest BCUT2D eigenvalue weighted by Crippen LogP contribution is 2.19. The van der Waals surface area contributed by atoms with Gasteiger partial charge in [-0.15, -0.1) is 0 Å². The molecule has 0 saturated carbocycles. The van der Waals surface area contributed by atoms with Crippen LogP contribution in [0.4, 0.5) is 5.69 Å². The van der Waals surface area contributed by atoms with Gasteiger partial charge in [0.1, 0.15) is 0 Å². The van der Waals surface area contributed by atoms with Crippen LogP contribution in [0.25, 0.3) is 0 Å². The largest absolute Gasteiger partial charge is 0.368 e. The fraction of sp³-hybridized carbons (Fsp3) is 0.300. The summed E-state index contributed by atoms with van der Waals surface area (Å²) in [5, 5.41) is 0. The number of benzene rings is 2. The highest BCUT2D eigenvalue weighted by Gasteiger charge is 2.23. The average Bonchev–Trinajstić information content (AvgIpc) is 2.67. The molecule has 2 aromatic rings. The fourth-order valence-electron chi connectivity index (χ4n) is 3.12. The van der Waals surface area contributed by atoms with Crippen LogP contribution in [-0.2, 0) is 9.84 Å². The summed E-state index contributed by atoms with van der Waals surface area (Å²) in [6.07, 6.45) is 1.13. The summed E-state index contributed by atoms with van der Waals surface area (Å²) in [5.41, 5.74) is 2.08. The van der Waals surface area contributed by atoms with Crippen LogP contribution in [0.3, 0.4) is 0 Å². The molecule has 1 heterocycles. The van der Waals surface area contributed by atoms with E-state index < -0.39 is 9.84 Å². The molecular formula is C20H22N2O4S. The van der Waals surface area contributed by atoms with Crippen molar-refractivity contribution >= 4 is 27.2 Å². The van der Waals surface area contributed by atoms with Crippen molar-refractivity contribution in [3.63, 3.8) is 0 Å². The molecule has 6 nitrogen and oxygen atoms in total. The first kappa shape index (κ1) is 19.1. The predicted octanol–water partition coefficient (Wildman–Crippen LogP) is 2.26. The highest BCUT2D eigenvalue weighted by atomic mass is 32.2. The van der Waals surface area contributed by atoms with Gasteiger partial charge in [0.25, 0.3) is 5.91 Å². The number of amides is 1. The number of rotatable bonds is 4. The lowest BCUT2D eigenvalue weighted by atomic mass is 10.1. The summed E-state index contributed by atoms with van der Waals surface area (Å²) in [7, 11) is -3.35. The van der Waals surface area contributed by atoms with E-state index in [9.17, 15) is 18.0 Å². The maximum atomic E-state index is 12.7. The number of anilines is 1. The number of ketones is 1. The van der Waals surface area contributed by atoms with Crippen LogP contribution in [0.1, 0.15) is 27.6 Å². The minimum atomic E-state index is -3.35. The first-order valence-electron chi connectivity index (χ1n) is 8.71. The number of hydrogen-bond donors (Lipinski definition) is 0. The fourth-order valence-corrected chi connectivity index (χ4v) is 3.78. The summed E-state index contributed by atoms with van der Waals surface area (Å²) in [6.45, 7) is 4.00. The third-order valence-corrected chi connectivity index (χ3v) is 5.83. The van der Waals surface area contributed by atoms with E-state index >= 15 is 0 Å². The zero-order valence-electron chi connectivity index (χ0n) is 15.4. The standard InChI is InChI=1S/C20H22N2O4S/c1-15(23)16-6-8-18(9-7-16)21-10-12-22(13-11-21)20(24)17-4-3-5-19(14-17)27(2,25)26/h3-9,14H,10-13H2,1-2H3. The molecule has 0 aliphatic carbocycles. The monoisotopic (exact) mass is 386 g/mol. The van der Waals surface area contributed by atoms with Gasteiger partial charge < -0.3 is 9.80 Å². The zero-order chi connectivity index (χ0) is 19.6. The van der Waals surface area contributed by atoms with Crippen LogP contribution in [0.2, 0.25) is 0 Å². The topological polar surface area (TPSA) is 74.8 Å². The third-order valence-electron chi connectivity index (χ3n) is 4.72. The van der Waals surface area contributed by atoms with Crippen LogP contribution in [0.15, 0.2) is 53.4 Å². The van der Waals surface area contributed by atoms with Crippen LogP contribution < -0.4 is 4.90 Å². The van der Waals surface area contributed by atoms with E-state index in [0.717, 1.165) is 11.9 Å². The Balaban J connectivity index is 1.67. The van der Waals surface area contributed by atoms with Gasteiger partial charge in [0.15, 0.2) is 15.6 Å². The van der Waals surface area contributed by atoms with Gasteiger partial charge in [-0.05, 0) is 49.4 Å². The number of piperazine rings is 1. The van der Waals surface area contributed by atoms with Crippen molar-refractivity contribution in [3.8, 4) is 0 Å². The van der Waals surface area contributed by atoms with Crippen molar-refractivity contribution < 1.29 is 18.0 Å². The molecule has 0 atom stereocenters. The second-order valence-electron chi connectivity index (χ2n) is 6.68. The third kappa shape index (κ3) is 4.36. The van der Waals surface area contributed by atoms with E-state index in [1.165, 1.54) is 19.1 Å². The van der Waals surface area contributed by atoms with E-state index in [2.05, 4.69) is 4.90 Å². The number of Topliss-reactive ketones (excluding diaryl/α,β-unsaturated/α-hetero) is 1. The maximum Gasteiger partial charge on any atom is 0.254 e. The van der Waals surface area contributed by atoms with E-state index in [4.69, 9.17) is 0 Å². The van der Waals surface area contributed by atoms with Gasteiger partial charge in [0.05, 0.1) is 4.90 Å². The number of nitrogens with zero attached hydrogens (tertiary/aromatic N) is 2. The van der Waals surface area contributed by atoms with Crippen molar-refractivity contribution in [3.05, 3.63) is 59.7 Å². The van der Waals surface area contributed by atoms with Crippen molar-refractivity contribution in [1.29, 1.82) is 0 Å². The summed E-state index contributed by atoms with van der Waals surface area (Å²) in [5.74, 6) is -0.125. The van der Waals surface area contributed by atoms with Gasteiger partial charge in [-0.2, -0.15) is 0 Å². The predicted molar refractivity (Wildman–Crippen MR) is 104 cm³/mol. The average molecular weight is 386 g/mol. The summed E-state index contributed by atoms with van der Waals surface area (Å²) < 4.78 is 23.4. The van der Waals surface area contributed by atoms with Gasteiger partial charge in [0.2, 0.25) is 0 Å². The van der Waals surface area contributed by atoms with Crippen molar-refractivity contribution in [1.82, 2.24) is 4.90 Å². The Morgan fingerprint density at radius 3 is 2.07 bits per heavy atom. The van der Waals surface area contributed by atoms with Crippen molar-refractivity contribution in [2.75, 3.05) is 37.3 Å². The zero-order valence-corrected chi connectivity index (χ0v) is 16.2. The molecule has 2 aromatic carbocycles. The van der Waals surface area contributed by atoms with E-state index in [1.54, 1.807) is 17.0 Å². The molecule has 1 amide bonds. The van der Waals surface area contributed by atoms with Gasteiger partial charge >= 0.3 is 0 Å². The Hall–Kier alpha value is -2.67. The van der Waals surface area contributed by atoms with Gasteiger partial charge in [-0.25, -0.2) is 8.42 Å². The summed E-state index contributed by atoms with van der Waals surface area (Å²) >= 11 is 0. The molecular weight excluding hydrogens is 364 g/mol. The van der Waals surface area contributed by atoms with Crippen LogP contribution in [0, 0.1) is 0 Å². The Morgan fingerprint density at radius 1 is 0.889 bits per heavy atom. The normalized spacial score (nSPS) is 14.9. The SMILES string of the molecule is CC(=O)c1ccc(N2CCN(C(=O)c3cccc(S(C)(=O)=O)c3)CC2)cc1. The van der Waals surface area contributed by atoms with Crippen LogP contribution in [0.5, 0.6) is 0 Å². The quantitative estimate of drug-likeness (QED) is 0.754. The molecule has 1 saturated heterocycles. The van der Waals surface area contributed by atoms with E-state index in [1.807, 2.05) is 24.3 Å². The van der Waals surface area contributed by atoms with Crippen molar-refractivity contribution in [2.24, 2.45) is 0 Å². The first-order valence-corrected chi connectivity index (χ1v) is 10.6. The Kier molecular flexibility index (Phi) is 5.32. The Labute approximate surface area is 159 Å². The Bertz CT molecular complexity index is 960. The number of hydrogen-bond acceptors (Lipinski definition) is 5. The molecule has 1 fully saturated rings. The van der Waals surface area contributed by atoms with Gasteiger partial charge in [0, 0.05) is 49.2 Å². The van der Waals surface area contributed by atoms with Crippen molar-refractivity contribution in [2.45, 2.75) is 11.8 Å². The van der Waals surface area contributed by atoms with Crippen LogP contribution >= 0.6 is 0 Å². The lowest BCUT2D eigenvalue weighted by molar-refractivity contribution is 0.0746. The second-order valence-corrected chi connectivity index (χ2v) is 8.70. The molecule has 0 spiro atoms. The molecule has 27 heavy (non-hydrogen) atoms.